The first-order valence-corrected chi connectivity index (χ1v) is 10.8. The molecule has 8 heteroatoms. The van der Waals surface area contributed by atoms with Gasteiger partial charge in [-0.05, 0) is 25.0 Å². The predicted octanol–water partition coefficient (Wildman–Crippen LogP) is 1.01. The molecule has 0 bridgehead atoms. The van der Waals surface area contributed by atoms with Crippen LogP contribution < -0.4 is 5.32 Å². The minimum Gasteiger partial charge on any atom is -0.367 e. The van der Waals surface area contributed by atoms with Gasteiger partial charge >= 0.3 is 0 Å². The van der Waals surface area contributed by atoms with Crippen molar-refractivity contribution in [2.45, 2.75) is 18.9 Å². The number of hydrogen-bond acceptors (Lipinski definition) is 6. The van der Waals surface area contributed by atoms with Crippen LogP contribution in [0, 0.1) is 0 Å². The van der Waals surface area contributed by atoms with Crippen LogP contribution in [0.1, 0.15) is 23.2 Å². The lowest BCUT2D eigenvalue weighted by molar-refractivity contribution is 0.0770. The molecule has 0 atom stereocenters. The monoisotopic (exact) mass is 378 g/mol. The molecular weight excluding hydrogens is 352 g/mol. The van der Waals surface area contributed by atoms with E-state index >= 15 is 0 Å². The van der Waals surface area contributed by atoms with Crippen LogP contribution in [0.4, 0.5) is 5.82 Å². The summed E-state index contributed by atoms with van der Waals surface area (Å²) in [7, 11) is -2.99. The zero-order valence-corrected chi connectivity index (χ0v) is 15.7. The third-order valence-electron chi connectivity index (χ3n) is 4.97. The fraction of sp³-hybridized carbons (Fsp3) is 0.556. The van der Waals surface area contributed by atoms with Gasteiger partial charge in [-0.2, -0.15) is 0 Å². The molecule has 0 radical (unpaired) electrons. The summed E-state index contributed by atoms with van der Waals surface area (Å²) in [6.07, 6.45) is 5.61. The third-order valence-corrected chi connectivity index (χ3v) is 6.58. The summed E-state index contributed by atoms with van der Waals surface area (Å²) < 4.78 is 23.0. The van der Waals surface area contributed by atoms with E-state index in [-0.39, 0.29) is 30.5 Å². The van der Waals surface area contributed by atoms with E-state index in [0.29, 0.717) is 11.6 Å². The predicted molar refractivity (Wildman–Crippen MR) is 102 cm³/mol. The molecule has 0 aliphatic carbocycles. The van der Waals surface area contributed by atoms with E-state index in [2.05, 4.69) is 21.8 Å². The summed E-state index contributed by atoms with van der Waals surface area (Å²) in [5.74, 6) is 0.689. The zero-order chi connectivity index (χ0) is 18.6. The summed E-state index contributed by atoms with van der Waals surface area (Å²) in [6, 6.07) is 3.97. The zero-order valence-electron chi connectivity index (χ0n) is 14.9. The third kappa shape index (κ3) is 4.82. The minimum atomic E-state index is -2.99. The highest BCUT2D eigenvalue weighted by Crippen LogP contribution is 2.16. The standard InChI is InChI=1S/C18H26N4O3S/c1-2-7-21-8-5-16(6-9-21)20-17-4-3-15(14-19-17)18(23)22-10-12-26(24,25)13-11-22/h2-4,14,16H,1,5-13H2,(H,19,20). The van der Waals surface area contributed by atoms with Gasteiger partial charge in [0.15, 0.2) is 9.84 Å². The van der Waals surface area contributed by atoms with E-state index in [1.807, 2.05) is 12.1 Å². The van der Waals surface area contributed by atoms with Crippen LogP contribution in [0.3, 0.4) is 0 Å². The first kappa shape index (κ1) is 18.8. The van der Waals surface area contributed by atoms with Crippen molar-refractivity contribution in [3.8, 4) is 0 Å². The summed E-state index contributed by atoms with van der Waals surface area (Å²) in [5, 5.41) is 3.43. The van der Waals surface area contributed by atoms with Crippen LogP contribution in [-0.2, 0) is 9.84 Å². The Kier molecular flexibility index (Phi) is 5.93. The lowest BCUT2D eigenvalue weighted by Gasteiger charge is -2.31. The van der Waals surface area contributed by atoms with Crippen molar-refractivity contribution >= 4 is 21.6 Å². The number of hydrogen-bond donors (Lipinski definition) is 1. The van der Waals surface area contributed by atoms with Gasteiger partial charge in [0, 0.05) is 45.0 Å². The summed E-state index contributed by atoms with van der Waals surface area (Å²) in [4.78, 5) is 20.8. The maximum atomic E-state index is 12.5. The second-order valence-electron chi connectivity index (χ2n) is 6.88. The molecular formula is C18H26N4O3S. The second kappa shape index (κ2) is 8.18. The van der Waals surface area contributed by atoms with Crippen molar-refractivity contribution in [3.05, 3.63) is 36.5 Å². The highest BCUT2D eigenvalue weighted by atomic mass is 32.2. The molecule has 0 saturated carbocycles. The number of likely N-dealkylation sites (tertiary alicyclic amines) is 1. The number of carbonyl (C=O) groups excluding carboxylic acids is 1. The van der Waals surface area contributed by atoms with Crippen LogP contribution >= 0.6 is 0 Å². The second-order valence-corrected chi connectivity index (χ2v) is 9.19. The van der Waals surface area contributed by atoms with Crippen molar-refractivity contribution in [1.82, 2.24) is 14.8 Å². The Bertz CT molecular complexity index is 726. The highest BCUT2D eigenvalue weighted by Gasteiger charge is 2.26. The fourth-order valence-electron chi connectivity index (χ4n) is 3.36. The van der Waals surface area contributed by atoms with E-state index in [4.69, 9.17) is 0 Å². The number of pyridine rings is 1. The molecule has 0 aromatic carbocycles. The number of piperidine rings is 1. The summed E-state index contributed by atoms with van der Waals surface area (Å²) >= 11 is 0. The van der Waals surface area contributed by atoms with E-state index < -0.39 is 9.84 Å². The number of aromatic nitrogens is 1. The Morgan fingerprint density at radius 2 is 1.92 bits per heavy atom. The van der Waals surface area contributed by atoms with Gasteiger partial charge < -0.3 is 10.2 Å². The van der Waals surface area contributed by atoms with Crippen LogP contribution in [0.2, 0.25) is 0 Å². The molecule has 2 saturated heterocycles. The molecule has 0 unspecified atom stereocenters. The van der Waals surface area contributed by atoms with Gasteiger partial charge in [0.05, 0.1) is 17.1 Å². The maximum Gasteiger partial charge on any atom is 0.255 e. The summed E-state index contributed by atoms with van der Waals surface area (Å²) in [6.45, 7) is 7.30. The number of nitrogens with one attached hydrogen (secondary N) is 1. The lowest BCUT2D eigenvalue weighted by Crippen LogP contribution is -2.43. The molecule has 3 heterocycles. The van der Waals surface area contributed by atoms with Gasteiger partial charge in [-0.25, -0.2) is 13.4 Å². The number of carbonyl (C=O) groups is 1. The number of rotatable bonds is 5. The molecule has 26 heavy (non-hydrogen) atoms. The largest absolute Gasteiger partial charge is 0.367 e. The number of anilines is 1. The van der Waals surface area contributed by atoms with E-state index in [1.54, 1.807) is 17.2 Å². The van der Waals surface area contributed by atoms with E-state index in [9.17, 15) is 13.2 Å². The van der Waals surface area contributed by atoms with Crippen molar-refractivity contribution in [2.24, 2.45) is 0 Å². The van der Waals surface area contributed by atoms with Crippen molar-refractivity contribution < 1.29 is 13.2 Å². The Morgan fingerprint density at radius 3 is 2.50 bits per heavy atom. The van der Waals surface area contributed by atoms with Crippen LogP contribution in [0.15, 0.2) is 31.0 Å². The normalized spacial score (nSPS) is 21.3. The molecule has 7 nitrogen and oxygen atoms in total. The molecule has 1 N–H and O–H groups in total. The molecule has 2 fully saturated rings. The van der Waals surface area contributed by atoms with Crippen LogP contribution in [-0.4, -0.2) is 79.4 Å². The van der Waals surface area contributed by atoms with Gasteiger partial charge in [0.2, 0.25) is 0 Å². The first-order chi connectivity index (χ1) is 12.5. The van der Waals surface area contributed by atoms with Gasteiger partial charge in [-0.1, -0.05) is 6.08 Å². The molecule has 2 aliphatic rings. The van der Waals surface area contributed by atoms with E-state index in [1.165, 1.54) is 0 Å². The van der Waals surface area contributed by atoms with E-state index in [0.717, 1.165) is 38.3 Å². The highest BCUT2D eigenvalue weighted by molar-refractivity contribution is 7.91. The topological polar surface area (TPSA) is 82.6 Å². The Morgan fingerprint density at radius 1 is 1.23 bits per heavy atom. The summed E-state index contributed by atoms with van der Waals surface area (Å²) in [5.41, 5.74) is 0.496. The van der Waals surface area contributed by atoms with Crippen LogP contribution in [0.5, 0.6) is 0 Å². The molecule has 0 spiro atoms. The fourth-order valence-corrected chi connectivity index (χ4v) is 4.56. The smallest absolute Gasteiger partial charge is 0.255 e. The molecule has 1 amide bonds. The molecule has 1 aromatic rings. The van der Waals surface area contributed by atoms with Crippen molar-refractivity contribution in [3.63, 3.8) is 0 Å². The quantitative estimate of drug-likeness (QED) is 0.770. The average molecular weight is 378 g/mol. The van der Waals surface area contributed by atoms with Gasteiger partial charge in [-0.15, -0.1) is 6.58 Å². The Labute approximate surface area is 155 Å². The molecule has 142 valence electrons. The average Bonchev–Trinajstić information content (AvgIpc) is 2.64. The van der Waals surface area contributed by atoms with Crippen LogP contribution in [0.25, 0.3) is 0 Å². The Hall–Kier alpha value is -1.93. The minimum absolute atomic E-state index is 0.0381. The van der Waals surface area contributed by atoms with Crippen molar-refractivity contribution in [1.29, 1.82) is 0 Å². The number of amides is 1. The molecule has 3 rings (SSSR count). The number of nitrogens with zero attached hydrogens (tertiary/aromatic N) is 3. The molecule has 2 aliphatic heterocycles. The van der Waals surface area contributed by atoms with Crippen molar-refractivity contribution in [2.75, 3.05) is 49.5 Å². The number of sulfone groups is 1. The lowest BCUT2D eigenvalue weighted by atomic mass is 10.1. The SMILES string of the molecule is C=CCN1CCC(Nc2ccc(C(=O)N3CCS(=O)(=O)CC3)cn2)CC1. The van der Waals surface area contributed by atoms with Gasteiger partial charge in [-0.3, -0.25) is 9.69 Å². The Balaban J connectivity index is 1.52. The maximum absolute atomic E-state index is 12.5. The first-order valence-electron chi connectivity index (χ1n) is 9.02. The molecule has 1 aromatic heterocycles. The van der Waals surface area contributed by atoms with Gasteiger partial charge in [0.1, 0.15) is 5.82 Å². The van der Waals surface area contributed by atoms with Gasteiger partial charge in [0.25, 0.3) is 5.91 Å².